The van der Waals surface area contributed by atoms with Crippen LogP contribution in [-0.2, 0) is 11.3 Å². The first-order valence-corrected chi connectivity index (χ1v) is 9.74. The van der Waals surface area contributed by atoms with Gasteiger partial charge in [0.1, 0.15) is 5.52 Å². The summed E-state index contributed by atoms with van der Waals surface area (Å²) in [6, 6.07) is 11.3. The maximum Gasteiger partial charge on any atom is 0.337 e. The Balaban J connectivity index is 1.56. The first kappa shape index (κ1) is 21.8. The van der Waals surface area contributed by atoms with E-state index >= 15 is 0 Å². The average Bonchev–Trinajstić information content (AvgIpc) is 3.15. The molecule has 0 aliphatic heterocycles. The Morgan fingerprint density at radius 2 is 1.90 bits per heavy atom. The van der Waals surface area contributed by atoms with Crippen molar-refractivity contribution in [2.24, 2.45) is 0 Å². The second kappa shape index (κ2) is 9.70. The lowest BCUT2D eigenvalue weighted by atomic mass is 10.2. The molecule has 162 valence electrons. The molecule has 0 saturated carbocycles. The highest BCUT2D eigenvalue weighted by molar-refractivity contribution is 5.97. The maximum atomic E-state index is 12.1. The monoisotopic (exact) mass is 424 g/mol. The molecule has 0 fully saturated rings. The number of urea groups is 1. The summed E-state index contributed by atoms with van der Waals surface area (Å²) < 4.78 is 6.32. The number of nitrogens with zero attached hydrogens (tertiary/aromatic N) is 3. The minimum absolute atomic E-state index is 0.0408. The standard InChI is InChI=1S/C21H24N6O4/c1-13(2)23-19(28)14-7-8-18-17(12-14)25-26-27(18)10-9-22-21(30)24-16-6-4-5-15(11-16)20(29)31-3/h4-8,11-13H,9-10H2,1-3H3,(H,23,28)(H2,22,24,30). The summed E-state index contributed by atoms with van der Waals surface area (Å²) in [6.45, 7) is 4.48. The van der Waals surface area contributed by atoms with E-state index in [0.717, 1.165) is 5.52 Å². The third-order valence-corrected chi connectivity index (χ3v) is 4.35. The van der Waals surface area contributed by atoms with Gasteiger partial charge < -0.3 is 20.7 Å². The van der Waals surface area contributed by atoms with Crippen molar-refractivity contribution in [1.29, 1.82) is 0 Å². The van der Waals surface area contributed by atoms with E-state index in [1.54, 1.807) is 41.1 Å². The van der Waals surface area contributed by atoms with Gasteiger partial charge in [0.15, 0.2) is 0 Å². The Hall–Kier alpha value is -3.95. The van der Waals surface area contributed by atoms with Crippen molar-refractivity contribution in [3.05, 3.63) is 53.6 Å². The van der Waals surface area contributed by atoms with E-state index in [0.29, 0.717) is 35.4 Å². The summed E-state index contributed by atoms with van der Waals surface area (Å²) in [5.41, 5.74) is 2.68. The number of nitrogens with one attached hydrogen (secondary N) is 3. The molecule has 0 aliphatic rings. The lowest BCUT2D eigenvalue weighted by Crippen LogP contribution is -2.31. The summed E-state index contributed by atoms with van der Waals surface area (Å²) in [7, 11) is 1.30. The number of hydrogen-bond acceptors (Lipinski definition) is 6. The first-order valence-electron chi connectivity index (χ1n) is 9.74. The minimum Gasteiger partial charge on any atom is -0.465 e. The van der Waals surface area contributed by atoms with Gasteiger partial charge in [0.25, 0.3) is 5.91 Å². The van der Waals surface area contributed by atoms with Crippen molar-refractivity contribution >= 4 is 34.6 Å². The molecule has 0 bridgehead atoms. The zero-order valence-corrected chi connectivity index (χ0v) is 17.5. The van der Waals surface area contributed by atoms with E-state index in [1.807, 2.05) is 13.8 Å². The Labute approximate surface area is 178 Å². The van der Waals surface area contributed by atoms with Crippen LogP contribution in [0.4, 0.5) is 10.5 Å². The molecule has 1 aromatic heterocycles. The van der Waals surface area contributed by atoms with Crippen LogP contribution in [0, 0.1) is 0 Å². The second-order valence-electron chi connectivity index (χ2n) is 7.10. The molecule has 3 N–H and O–H groups in total. The number of ether oxygens (including phenoxy) is 1. The molecule has 0 aliphatic carbocycles. The third-order valence-electron chi connectivity index (χ3n) is 4.35. The molecule has 0 saturated heterocycles. The highest BCUT2D eigenvalue weighted by Gasteiger charge is 2.12. The van der Waals surface area contributed by atoms with Gasteiger partial charge in [-0.15, -0.1) is 5.10 Å². The van der Waals surface area contributed by atoms with Crippen LogP contribution in [0.3, 0.4) is 0 Å². The lowest BCUT2D eigenvalue weighted by molar-refractivity contribution is 0.0600. The van der Waals surface area contributed by atoms with Crippen molar-refractivity contribution in [3.63, 3.8) is 0 Å². The van der Waals surface area contributed by atoms with Gasteiger partial charge in [0.05, 0.1) is 24.7 Å². The normalized spacial score (nSPS) is 10.7. The van der Waals surface area contributed by atoms with Gasteiger partial charge in [-0.25, -0.2) is 14.3 Å². The highest BCUT2D eigenvalue weighted by Crippen LogP contribution is 2.14. The van der Waals surface area contributed by atoms with E-state index in [2.05, 4.69) is 31.0 Å². The van der Waals surface area contributed by atoms with E-state index in [4.69, 9.17) is 0 Å². The minimum atomic E-state index is -0.480. The molecular weight excluding hydrogens is 400 g/mol. The van der Waals surface area contributed by atoms with E-state index in [-0.39, 0.29) is 11.9 Å². The molecule has 1 heterocycles. The van der Waals surface area contributed by atoms with Gasteiger partial charge in [-0.05, 0) is 50.2 Å². The van der Waals surface area contributed by atoms with Crippen LogP contribution < -0.4 is 16.0 Å². The highest BCUT2D eigenvalue weighted by atomic mass is 16.5. The van der Waals surface area contributed by atoms with Gasteiger partial charge in [-0.1, -0.05) is 11.3 Å². The number of amides is 3. The van der Waals surface area contributed by atoms with Gasteiger partial charge in [0, 0.05) is 23.8 Å². The molecule has 0 spiro atoms. The van der Waals surface area contributed by atoms with Crippen LogP contribution in [0.1, 0.15) is 34.6 Å². The van der Waals surface area contributed by atoms with E-state index in [1.165, 1.54) is 13.2 Å². The Bertz CT molecular complexity index is 1110. The second-order valence-corrected chi connectivity index (χ2v) is 7.10. The van der Waals surface area contributed by atoms with Crippen LogP contribution in [0.25, 0.3) is 11.0 Å². The number of esters is 1. The van der Waals surface area contributed by atoms with Crippen LogP contribution in [0.2, 0.25) is 0 Å². The molecule has 0 atom stereocenters. The molecule has 2 aromatic carbocycles. The average molecular weight is 424 g/mol. The molecule has 3 amide bonds. The quantitative estimate of drug-likeness (QED) is 0.499. The number of methoxy groups -OCH3 is 1. The number of carbonyl (C=O) groups excluding carboxylic acids is 3. The van der Waals surface area contributed by atoms with Crippen LogP contribution in [-0.4, -0.2) is 52.6 Å². The SMILES string of the molecule is COC(=O)c1cccc(NC(=O)NCCn2nnc3cc(C(=O)NC(C)C)ccc32)c1. The maximum absolute atomic E-state index is 12.1. The molecule has 0 unspecified atom stereocenters. The summed E-state index contributed by atoms with van der Waals surface area (Å²) in [5.74, 6) is -0.645. The van der Waals surface area contributed by atoms with Crippen molar-refractivity contribution in [2.75, 3.05) is 19.0 Å². The Kier molecular flexibility index (Phi) is 6.81. The van der Waals surface area contributed by atoms with Gasteiger partial charge in [0.2, 0.25) is 0 Å². The zero-order valence-electron chi connectivity index (χ0n) is 17.5. The number of anilines is 1. The molecule has 3 rings (SSSR count). The van der Waals surface area contributed by atoms with Gasteiger partial charge in [-0.2, -0.15) is 0 Å². The fourth-order valence-electron chi connectivity index (χ4n) is 2.92. The van der Waals surface area contributed by atoms with E-state index in [9.17, 15) is 14.4 Å². The first-order chi connectivity index (χ1) is 14.9. The van der Waals surface area contributed by atoms with Crippen molar-refractivity contribution in [3.8, 4) is 0 Å². The van der Waals surface area contributed by atoms with Crippen LogP contribution in [0.5, 0.6) is 0 Å². The Morgan fingerprint density at radius 1 is 1.10 bits per heavy atom. The number of rotatable bonds is 7. The fourth-order valence-corrected chi connectivity index (χ4v) is 2.92. The predicted octanol–water partition coefficient (Wildman–Crippen LogP) is 2.18. The zero-order chi connectivity index (χ0) is 22.4. The molecule has 0 radical (unpaired) electrons. The smallest absolute Gasteiger partial charge is 0.337 e. The summed E-state index contributed by atoms with van der Waals surface area (Å²) >= 11 is 0. The lowest BCUT2D eigenvalue weighted by Gasteiger charge is -2.09. The number of aromatic nitrogens is 3. The molecule has 31 heavy (non-hydrogen) atoms. The van der Waals surface area contributed by atoms with Crippen LogP contribution in [0.15, 0.2) is 42.5 Å². The summed E-state index contributed by atoms with van der Waals surface area (Å²) in [4.78, 5) is 35.8. The fraction of sp³-hybridized carbons (Fsp3) is 0.286. The number of fused-ring (bicyclic) bond motifs is 1. The van der Waals surface area contributed by atoms with Crippen molar-refractivity contribution in [1.82, 2.24) is 25.6 Å². The van der Waals surface area contributed by atoms with Crippen molar-refractivity contribution in [2.45, 2.75) is 26.4 Å². The molecule has 3 aromatic rings. The molecular formula is C21H24N6O4. The topological polar surface area (TPSA) is 127 Å². The van der Waals surface area contributed by atoms with Gasteiger partial charge >= 0.3 is 12.0 Å². The predicted molar refractivity (Wildman–Crippen MR) is 115 cm³/mol. The molecule has 10 nitrogen and oxygen atoms in total. The largest absolute Gasteiger partial charge is 0.465 e. The third kappa shape index (κ3) is 5.56. The van der Waals surface area contributed by atoms with Crippen molar-refractivity contribution < 1.29 is 19.1 Å². The Morgan fingerprint density at radius 3 is 2.65 bits per heavy atom. The van der Waals surface area contributed by atoms with E-state index < -0.39 is 12.0 Å². The number of carbonyl (C=O) groups is 3. The number of benzene rings is 2. The summed E-state index contributed by atoms with van der Waals surface area (Å²) in [5, 5.41) is 16.4. The van der Waals surface area contributed by atoms with Crippen LogP contribution >= 0.6 is 0 Å². The van der Waals surface area contributed by atoms with Gasteiger partial charge in [-0.3, -0.25) is 4.79 Å². The molecule has 10 heteroatoms. The summed E-state index contributed by atoms with van der Waals surface area (Å²) in [6.07, 6.45) is 0. The number of hydrogen-bond donors (Lipinski definition) is 3.